The molecule has 0 spiro atoms. The van der Waals surface area contributed by atoms with Crippen molar-refractivity contribution in [1.82, 2.24) is 15.1 Å². The van der Waals surface area contributed by atoms with Gasteiger partial charge in [-0.2, -0.15) is 0 Å². The lowest BCUT2D eigenvalue weighted by molar-refractivity contribution is 0.0502. The normalized spacial score (nSPS) is 15.3. The lowest BCUT2D eigenvalue weighted by atomic mass is 10.2. The van der Waals surface area contributed by atoms with Gasteiger partial charge in [-0.1, -0.05) is 54.6 Å². The predicted octanol–water partition coefficient (Wildman–Crippen LogP) is 7.42. The zero-order chi connectivity index (χ0) is 31.3. The second-order valence-corrected chi connectivity index (χ2v) is 15.1. The fraction of sp³-hybridized carbons (Fsp3) is 0.441. The SMILES string of the molecule is CC(C)(C)OC(=O)N[C@H](CCN1CCN(CCCP(=O)(Oc2ccccc2)Oc2ccccc2)CC1)CSc1ccccc1. The Balaban J connectivity index is 1.23. The topological polar surface area (TPSA) is 80.3 Å². The van der Waals surface area contributed by atoms with Crippen molar-refractivity contribution >= 4 is 25.5 Å². The van der Waals surface area contributed by atoms with Gasteiger partial charge in [0.2, 0.25) is 0 Å². The van der Waals surface area contributed by atoms with Gasteiger partial charge in [0.1, 0.15) is 17.1 Å². The average molecular weight is 640 g/mol. The molecule has 1 heterocycles. The van der Waals surface area contributed by atoms with E-state index in [4.69, 9.17) is 13.8 Å². The monoisotopic (exact) mass is 639 g/mol. The van der Waals surface area contributed by atoms with Crippen LogP contribution in [0.4, 0.5) is 4.79 Å². The standard InChI is InChI=1S/C34H46N3O5PS/c1-34(2,3)40-33(38)35-29(28-44-32-18-11-6-12-19-32)20-22-37-25-23-36(24-26-37)21-13-27-43(39,41-30-14-7-4-8-15-30)42-31-16-9-5-10-17-31/h4-12,14-19,29H,13,20-28H2,1-3H3,(H,35,38)/t29-/m1/s1. The molecule has 1 amide bonds. The Morgan fingerprint density at radius 1 is 0.818 bits per heavy atom. The van der Waals surface area contributed by atoms with Crippen molar-refractivity contribution in [2.45, 2.75) is 50.2 Å². The molecule has 0 saturated carbocycles. The number of benzene rings is 3. The lowest BCUT2D eigenvalue weighted by Gasteiger charge is -2.35. The molecule has 8 nitrogen and oxygen atoms in total. The van der Waals surface area contributed by atoms with Crippen LogP contribution in [0.5, 0.6) is 11.5 Å². The van der Waals surface area contributed by atoms with E-state index in [1.54, 1.807) is 36.0 Å². The van der Waals surface area contributed by atoms with Gasteiger partial charge in [-0.3, -0.25) is 0 Å². The molecule has 3 aromatic carbocycles. The number of amides is 1. The Morgan fingerprint density at radius 2 is 1.32 bits per heavy atom. The van der Waals surface area contributed by atoms with Gasteiger partial charge in [-0.25, -0.2) is 9.36 Å². The number of thioether (sulfide) groups is 1. The summed E-state index contributed by atoms with van der Waals surface area (Å²) in [6.45, 7) is 11.1. The van der Waals surface area contributed by atoms with Gasteiger partial charge in [0.25, 0.3) is 0 Å². The summed E-state index contributed by atoms with van der Waals surface area (Å²) in [5.41, 5.74) is -0.535. The lowest BCUT2D eigenvalue weighted by Crippen LogP contribution is -2.48. The fourth-order valence-electron chi connectivity index (χ4n) is 4.84. The van der Waals surface area contributed by atoms with Gasteiger partial charge in [0, 0.05) is 49.4 Å². The zero-order valence-corrected chi connectivity index (χ0v) is 27.8. The summed E-state index contributed by atoms with van der Waals surface area (Å²) >= 11 is 1.75. The van der Waals surface area contributed by atoms with Gasteiger partial charge in [0.15, 0.2) is 0 Å². The van der Waals surface area contributed by atoms with E-state index >= 15 is 0 Å². The zero-order valence-electron chi connectivity index (χ0n) is 26.1. The number of para-hydroxylation sites is 2. The highest BCUT2D eigenvalue weighted by Crippen LogP contribution is 2.49. The average Bonchev–Trinajstić information content (AvgIpc) is 3.00. The number of nitrogens with one attached hydrogen (secondary N) is 1. The second-order valence-electron chi connectivity index (χ2n) is 11.9. The Labute approximate surface area is 267 Å². The highest BCUT2D eigenvalue weighted by Gasteiger charge is 2.29. The molecule has 1 N–H and O–H groups in total. The van der Waals surface area contributed by atoms with Crippen molar-refractivity contribution in [2.24, 2.45) is 0 Å². The van der Waals surface area contributed by atoms with Crippen LogP contribution in [0.3, 0.4) is 0 Å². The third kappa shape index (κ3) is 12.6. The minimum absolute atomic E-state index is 0.00328. The molecule has 1 atom stereocenters. The maximum atomic E-state index is 13.8. The van der Waals surface area contributed by atoms with E-state index in [0.717, 1.165) is 51.4 Å². The molecule has 10 heteroatoms. The van der Waals surface area contributed by atoms with Gasteiger partial charge in [-0.05, 0) is 76.6 Å². The molecule has 0 radical (unpaired) electrons. The molecule has 4 rings (SSSR count). The number of rotatable bonds is 15. The van der Waals surface area contributed by atoms with Crippen LogP contribution in [-0.4, -0.2) is 78.7 Å². The Hall–Kier alpha value is -2.97. The minimum atomic E-state index is -3.40. The first kappa shape index (κ1) is 33.9. The molecule has 1 fully saturated rings. The van der Waals surface area contributed by atoms with Crippen LogP contribution in [0.2, 0.25) is 0 Å². The molecule has 44 heavy (non-hydrogen) atoms. The summed E-state index contributed by atoms with van der Waals surface area (Å²) in [7, 11) is -3.40. The van der Waals surface area contributed by atoms with Crippen LogP contribution in [0.1, 0.15) is 33.6 Å². The van der Waals surface area contributed by atoms with Crippen LogP contribution in [0.25, 0.3) is 0 Å². The van der Waals surface area contributed by atoms with Gasteiger partial charge >= 0.3 is 13.7 Å². The Morgan fingerprint density at radius 3 is 1.84 bits per heavy atom. The highest BCUT2D eigenvalue weighted by molar-refractivity contribution is 7.99. The van der Waals surface area contributed by atoms with Crippen molar-refractivity contribution in [3.63, 3.8) is 0 Å². The Bertz CT molecular complexity index is 1260. The number of carbonyl (C=O) groups is 1. The number of alkyl carbamates (subject to hydrolysis) is 1. The molecule has 238 valence electrons. The van der Waals surface area contributed by atoms with Crippen molar-refractivity contribution in [3.05, 3.63) is 91.0 Å². The van der Waals surface area contributed by atoms with Gasteiger partial charge in [-0.15, -0.1) is 11.8 Å². The van der Waals surface area contributed by atoms with Crippen LogP contribution in [0.15, 0.2) is 95.9 Å². The van der Waals surface area contributed by atoms with Crippen molar-refractivity contribution in [2.75, 3.05) is 51.2 Å². The first-order valence-electron chi connectivity index (χ1n) is 15.4. The van der Waals surface area contributed by atoms with Crippen molar-refractivity contribution < 1.29 is 23.1 Å². The summed E-state index contributed by atoms with van der Waals surface area (Å²) in [4.78, 5) is 18.6. The molecule has 3 aromatic rings. The minimum Gasteiger partial charge on any atom is -0.444 e. The number of hydrogen-bond donors (Lipinski definition) is 1. The summed E-state index contributed by atoms with van der Waals surface area (Å²) in [6, 6.07) is 28.7. The smallest absolute Gasteiger partial charge is 0.430 e. The van der Waals surface area contributed by atoms with E-state index in [1.807, 2.05) is 75.4 Å². The molecule has 0 unspecified atom stereocenters. The molecule has 0 aromatic heterocycles. The van der Waals surface area contributed by atoms with Crippen molar-refractivity contribution in [1.29, 1.82) is 0 Å². The molecule has 1 aliphatic rings. The van der Waals surface area contributed by atoms with Gasteiger partial charge in [0.05, 0.1) is 6.16 Å². The second kappa shape index (κ2) is 16.9. The number of nitrogens with zero attached hydrogens (tertiary/aromatic N) is 2. The van der Waals surface area contributed by atoms with E-state index in [9.17, 15) is 9.36 Å². The molecule has 1 aliphatic heterocycles. The summed E-state index contributed by atoms with van der Waals surface area (Å²) in [6.07, 6.45) is 1.50. The molecule has 0 bridgehead atoms. The third-order valence-corrected chi connectivity index (χ3v) is 10.1. The molecule has 0 aliphatic carbocycles. The molecule has 1 saturated heterocycles. The number of carbonyl (C=O) groups excluding carboxylic acids is 1. The quantitative estimate of drug-likeness (QED) is 0.136. The van der Waals surface area contributed by atoms with Crippen LogP contribution in [-0.2, 0) is 9.30 Å². The van der Waals surface area contributed by atoms with E-state index in [1.165, 1.54) is 4.90 Å². The van der Waals surface area contributed by atoms with E-state index < -0.39 is 13.2 Å². The first-order valence-corrected chi connectivity index (χ1v) is 18.1. The highest BCUT2D eigenvalue weighted by atomic mass is 32.2. The van der Waals surface area contributed by atoms with Crippen LogP contribution in [0, 0.1) is 0 Å². The van der Waals surface area contributed by atoms with Crippen molar-refractivity contribution in [3.8, 4) is 11.5 Å². The summed E-state index contributed by atoms with van der Waals surface area (Å²) in [5, 5.41) is 3.10. The largest absolute Gasteiger partial charge is 0.444 e. The van der Waals surface area contributed by atoms with E-state index in [2.05, 4.69) is 27.2 Å². The van der Waals surface area contributed by atoms with E-state index in [0.29, 0.717) is 24.1 Å². The number of ether oxygens (including phenoxy) is 1. The van der Waals surface area contributed by atoms with Gasteiger partial charge < -0.3 is 28.9 Å². The van der Waals surface area contributed by atoms with Crippen LogP contribution < -0.4 is 14.4 Å². The fourth-order valence-corrected chi connectivity index (χ4v) is 7.47. The summed E-state index contributed by atoms with van der Waals surface area (Å²) in [5.74, 6) is 1.86. The van der Waals surface area contributed by atoms with Crippen LogP contribution >= 0.6 is 19.4 Å². The third-order valence-electron chi connectivity index (χ3n) is 7.06. The Kier molecular flexibility index (Phi) is 13.0. The maximum Gasteiger partial charge on any atom is 0.430 e. The summed E-state index contributed by atoms with van der Waals surface area (Å²) < 4.78 is 31.2. The predicted molar refractivity (Wildman–Crippen MR) is 179 cm³/mol. The molecular formula is C34H46N3O5PS. The maximum absolute atomic E-state index is 13.8. The molecular weight excluding hydrogens is 593 g/mol. The number of piperazine rings is 1. The first-order chi connectivity index (χ1) is 21.2. The van der Waals surface area contributed by atoms with E-state index in [-0.39, 0.29) is 12.1 Å². The number of hydrogen-bond acceptors (Lipinski definition) is 8.